The van der Waals surface area contributed by atoms with Crippen LogP contribution >= 0.6 is 0 Å². The minimum atomic E-state index is -0.0543. The maximum atomic E-state index is 6.16. The number of ether oxygens (including phenoxy) is 2. The summed E-state index contributed by atoms with van der Waals surface area (Å²) in [5, 5.41) is 0. The number of hydrogen-bond donors (Lipinski definition) is 1. The number of hydrogen-bond acceptors (Lipinski definition) is 3. The van der Waals surface area contributed by atoms with Gasteiger partial charge in [0.2, 0.25) is 0 Å². The van der Waals surface area contributed by atoms with Gasteiger partial charge in [-0.25, -0.2) is 0 Å². The molecule has 0 fully saturated rings. The minimum Gasteiger partial charge on any atom is -0.376 e. The molecule has 2 atom stereocenters. The lowest BCUT2D eigenvalue weighted by Crippen LogP contribution is -2.30. The fourth-order valence-corrected chi connectivity index (χ4v) is 1.90. The molecule has 0 saturated heterocycles. The largest absolute Gasteiger partial charge is 0.376 e. The van der Waals surface area contributed by atoms with Gasteiger partial charge in [0.05, 0.1) is 25.4 Å². The Labute approximate surface area is 117 Å². The maximum absolute atomic E-state index is 6.16. The quantitative estimate of drug-likeness (QED) is 0.734. The monoisotopic (exact) mass is 265 g/mol. The van der Waals surface area contributed by atoms with Crippen molar-refractivity contribution >= 4 is 0 Å². The highest BCUT2D eigenvalue weighted by molar-refractivity contribution is 5.24. The molecule has 0 radical (unpaired) electrons. The Morgan fingerprint density at radius 3 is 2.16 bits per heavy atom. The molecule has 0 bridgehead atoms. The summed E-state index contributed by atoms with van der Waals surface area (Å²) < 4.78 is 11.4. The predicted octanol–water partition coefficient (Wildman–Crippen LogP) is 3.22. The van der Waals surface area contributed by atoms with Crippen LogP contribution in [-0.4, -0.2) is 25.4 Å². The van der Waals surface area contributed by atoms with Gasteiger partial charge in [0.25, 0.3) is 0 Å². The van der Waals surface area contributed by atoms with Gasteiger partial charge in [-0.3, -0.25) is 0 Å². The zero-order valence-corrected chi connectivity index (χ0v) is 12.6. The Kier molecular flexibility index (Phi) is 7.06. The molecule has 1 aromatic rings. The highest BCUT2D eigenvalue weighted by Crippen LogP contribution is 2.22. The van der Waals surface area contributed by atoms with Crippen molar-refractivity contribution in [2.24, 2.45) is 5.73 Å². The highest BCUT2D eigenvalue weighted by atomic mass is 16.5. The van der Waals surface area contributed by atoms with Crippen LogP contribution in [0.2, 0.25) is 0 Å². The third-order valence-electron chi connectivity index (χ3n) is 3.10. The smallest absolute Gasteiger partial charge is 0.0976 e. The summed E-state index contributed by atoms with van der Waals surface area (Å²) in [6.07, 6.45) is 1.08. The van der Waals surface area contributed by atoms with E-state index in [4.69, 9.17) is 15.2 Å². The third kappa shape index (κ3) is 5.72. The average Bonchev–Trinajstić information content (AvgIpc) is 2.39. The van der Waals surface area contributed by atoms with Gasteiger partial charge in [-0.15, -0.1) is 0 Å². The molecule has 0 aliphatic rings. The fourth-order valence-electron chi connectivity index (χ4n) is 1.90. The Morgan fingerprint density at radius 2 is 1.63 bits per heavy atom. The second kappa shape index (κ2) is 8.31. The van der Waals surface area contributed by atoms with Crippen LogP contribution in [-0.2, 0) is 9.47 Å². The summed E-state index contributed by atoms with van der Waals surface area (Å²) in [6.45, 7) is 9.39. The molecule has 2 N–H and O–H groups in total. The maximum Gasteiger partial charge on any atom is 0.0976 e. The number of aryl methyl sites for hydroxylation is 1. The first-order valence-corrected chi connectivity index (χ1v) is 7.10. The van der Waals surface area contributed by atoms with Gasteiger partial charge in [-0.1, -0.05) is 36.8 Å². The van der Waals surface area contributed by atoms with Crippen molar-refractivity contribution in [1.82, 2.24) is 0 Å². The molecular formula is C16H27NO2. The molecule has 3 heteroatoms. The molecule has 0 aromatic heterocycles. The van der Waals surface area contributed by atoms with E-state index in [-0.39, 0.29) is 18.2 Å². The van der Waals surface area contributed by atoms with Gasteiger partial charge in [-0.05, 0) is 32.8 Å². The van der Waals surface area contributed by atoms with Gasteiger partial charge in [0.1, 0.15) is 0 Å². The molecule has 0 spiro atoms. The van der Waals surface area contributed by atoms with E-state index in [2.05, 4.69) is 38.1 Å². The van der Waals surface area contributed by atoms with Crippen LogP contribution in [0, 0.1) is 6.92 Å². The van der Waals surface area contributed by atoms with Crippen LogP contribution < -0.4 is 5.73 Å². The van der Waals surface area contributed by atoms with Gasteiger partial charge < -0.3 is 15.2 Å². The lowest BCUT2D eigenvalue weighted by molar-refractivity contribution is -0.0224. The summed E-state index contributed by atoms with van der Waals surface area (Å²) in [4.78, 5) is 0. The molecular weight excluding hydrogens is 238 g/mol. The van der Waals surface area contributed by atoms with Gasteiger partial charge in [0, 0.05) is 6.04 Å². The number of nitrogens with two attached hydrogens (primary N) is 1. The highest BCUT2D eigenvalue weighted by Gasteiger charge is 2.19. The van der Waals surface area contributed by atoms with Crippen molar-refractivity contribution in [3.63, 3.8) is 0 Å². The van der Waals surface area contributed by atoms with Gasteiger partial charge >= 0.3 is 0 Å². The normalized spacial score (nSPS) is 14.6. The van der Waals surface area contributed by atoms with Crippen molar-refractivity contribution in [2.45, 2.75) is 52.4 Å². The van der Waals surface area contributed by atoms with Crippen LogP contribution in [0.3, 0.4) is 0 Å². The molecule has 2 unspecified atom stereocenters. The van der Waals surface area contributed by atoms with Gasteiger partial charge in [-0.2, -0.15) is 0 Å². The van der Waals surface area contributed by atoms with E-state index in [9.17, 15) is 0 Å². The molecule has 19 heavy (non-hydrogen) atoms. The van der Waals surface area contributed by atoms with Crippen molar-refractivity contribution < 1.29 is 9.47 Å². The van der Waals surface area contributed by atoms with Crippen molar-refractivity contribution in [2.75, 3.05) is 13.2 Å². The second-order valence-electron chi connectivity index (χ2n) is 5.19. The van der Waals surface area contributed by atoms with Crippen molar-refractivity contribution in [1.29, 1.82) is 0 Å². The molecule has 0 saturated carbocycles. The van der Waals surface area contributed by atoms with Crippen molar-refractivity contribution in [3.05, 3.63) is 35.4 Å². The lowest BCUT2D eigenvalue weighted by Gasteiger charge is -2.24. The molecule has 0 heterocycles. The predicted molar refractivity (Wildman–Crippen MR) is 79.2 cm³/mol. The molecule has 1 rings (SSSR count). The summed E-state index contributed by atoms with van der Waals surface area (Å²) in [6, 6.07) is 8.40. The van der Waals surface area contributed by atoms with Crippen LogP contribution in [0.1, 0.15) is 44.4 Å². The topological polar surface area (TPSA) is 44.5 Å². The summed E-state index contributed by atoms with van der Waals surface area (Å²) >= 11 is 0. The SMILES string of the molecule is CCC(N)C(OCCOC(C)C)c1ccc(C)cc1. The average molecular weight is 265 g/mol. The summed E-state index contributed by atoms with van der Waals surface area (Å²) in [7, 11) is 0. The standard InChI is InChI=1S/C16H27NO2/c1-5-15(17)16(19-11-10-18-12(2)3)14-8-6-13(4)7-9-14/h6-9,12,15-16H,5,10-11,17H2,1-4H3. The number of rotatable bonds is 8. The zero-order chi connectivity index (χ0) is 14.3. The molecule has 0 aliphatic carbocycles. The van der Waals surface area contributed by atoms with E-state index in [1.54, 1.807) is 0 Å². The van der Waals surface area contributed by atoms with Crippen LogP contribution in [0.25, 0.3) is 0 Å². The molecule has 0 aliphatic heterocycles. The molecule has 1 aromatic carbocycles. The third-order valence-corrected chi connectivity index (χ3v) is 3.10. The van der Waals surface area contributed by atoms with E-state index >= 15 is 0 Å². The first-order valence-electron chi connectivity index (χ1n) is 7.10. The molecule has 108 valence electrons. The Balaban J connectivity index is 2.59. The lowest BCUT2D eigenvalue weighted by atomic mass is 10.00. The zero-order valence-electron chi connectivity index (χ0n) is 12.6. The molecule has 0 amide bonds. The van der Waals surface area contributed by atoms with Crippen LogP contribution in [0.4, 0.5) is 0 Å². The summed E-state index contributed by atoms with van der Waals surface area (Å²) in [5.74, 6) is 0. The van der Waals surface area contributed by atoms with E-state index in [0.717, 1.165) is 12.0 Å². The van der Waals surface area contributed by atoms with Crippen molar-refractivity contribution in [3.8, 4) is 0 Å². The first-order chi connectivity index (χ1) is 9.04. The second-order valence-corrected chi connectivity index (χ2v) is 5.19. The molecule has 3 nitrogen and oxygen atoms in total. The van der Waals surface area contributed by atoms with Crippen LogP contribution in [0.15, 0.2) is 24.3 Å². The van der Waals surface area contributed by atoms with E-state index in [1.165, 1.54) is 5.56 Å². The van der Waals surface area contributed by atoms with E-state index < -0.39 is 0 Å². The van der Waals surface area contributed by atoms with E-state index in [1.807, 2.05) is 13.8 Å². The first kappa shape index (κ1) is 16.2. The fraction of sp³-hybridized carbons (Fsp3) is 0.625. The summed E-state index contributed by atoms with van der Waals surface area (Å²) in [5.41, 5.74) is 8.55. The van der Waals surface area contributed by atoms with Gasteiger partial charge in [0.15, 0.2) is 0 Å². The Bertz CT molecular complexity index is 348. The van der Waals surface area contributed by atoms with Crippen LogP contribution in [0.5, 0.6) is 0 Å². The minimum absolute atomic E-state index is 0.0155. The van der Waals surface area contributed by atoms with E-state index in [0.29, 0.717) is 13.2 Å². The number of benzene rings is 1. The Morgan fingerprint density at radius 1 is 1.05 bits per heavy atom. The Hall–Kier alpha value is -0.900.